The SMILES string of the molecule is C[C@@H]1CCCCN1CCOc1ccc(NC(=O)C2(c3ccccc3)CCCC2)cc1. The summed E-state index contributed by atoms with van der Waals surface area (Å²) in [4.78, 5) is 15.8. The van der Waals surface area contributed by atoms with Gasteiger partial charge in [0.2, 0.25) is 5.91 Å². The van der Waals surface area contributed by atoms with E-state index in [2.05, 4.69) is 29.3 Å². The van der Waals surface area contributed by atoms with E-state index in [-0.39, 0.29) is 5.91 Å². The van der Waals surface area contributed by atoms with Crippen molar-refractivity contribution in [1.82, 2.24) is 4.90 Å². The van der Waals surface area contributed by atoms with Crippen LogP contribution < -0.4 is 10.1 Å². The molecule has 2 aliphatic rings. The molecule has 0 unspecified atom stereocenters. The van der Waals surface area contributed by atoms with Crippen LogP contribution in [0.5, 0.6) is 5.75 Å². The van der Waals surface area contributed by atoms with Crippen LogP contribution in [0.15, 0.2) is 54.6 Å². The first-order chi connectivity index (χ1) is 14.7. The van der Waals surface area contributed by atoms with E-state index in [1.54, 1.807) is 0 Å². The second kappa shape index (κ2) is 9.65. The average molecular weight is 407 g/mol. The summed E-state index contributed by atoms with van der Waals surface area (Å²) >= 11 is 0. The normalized spacial score (nSPS) is 21.3. The van der Waals surface area contributed by atoms with Gasteiger partial charge in [-0.05, 0) is 69.0 Å². The second-order valence-electron chi connectivity index (χ2n) is 8.86. The highest BCUT2D eigenvalue weighted by molar-refractivity contribution is 5.99. The zero-order valence-electron chi connectivity index (χ0n) is 18.1. The van der Waals surface area contributed by atoms with E-state index in [4.69, 9.17) is 4.74 Å². The second-order valence-corrected chi connectivity index (χ2v) is 8.86. The molecule has 4 heteroatoms. The molecule has 160 valence electrons. The molecule has 1 atom stereocenters. The summed E-state index contributed by atoms with van der Waals surface area (Å²) in [7, 11) is 0. The molecule has 1 aliphatic carbocycles. The molecule has 4 nitrogen and oxygen atoms in total. The Morgan fingerprint density at radius 3 is 2.47 bits per heavy atom. The van der Waals surface area contributed by atoms with Gasteiger partial charge in [0.15, 0.2) is 0 Å². The molecule has 0 radical (unpaired) electrons. The first-order valence-electron chi connectivity index (χ1n) is 11.5. The predicted molar refractivity (Wildman–Crippen MR) is 122 cm³/mol. The van der Waals surface area contributed by atoms with E-state index < -0.39 is 5.41 Å². The van der Waals surface area contributed by atoms with Crippen LogP contribution in [0.3, 0.4) is 0 Å². The van der Waals surface area contributed by atoms with E-state index in [0.29, 0.717) is 12.6 Å². The molecule has 1 N–H and O–H groups in total. The van der Waals surface area contributed by atoms with Gasteiger partial charge in [-0.1, -0.05) is 49.6 Å². The van der Waals surface area contributed by atoms with Gasteiger partial charge >= 0.3 is 0 Å². The fraction of sp³-hybridized carbons (Fsp3) is 0.500. The van der Waals surface area contributed by atoms with E-state index in [9.17, 15) is 4.79 Å². The van der Waals surface area contributed by atoms with Gasteiger partial charge in [-0.2, -0.15) is 0 Å². The van der Waals surface area contributed by atoms with Crippen molar-refractivity contribution in [2.45, 2.75) is 63.3 Å². The van der Waals surface area contributed by atoms with Crippen LogP contribution in [0.1, 0.15) is 57.4 Å². The Labute approximate surface area is 180 Å². The van der Waals surface area contributed by atoms with Gasteiger partial charge in [0.1, 0.15) is 12.4 Å². The summed E-state index contributed by atoms with van der Waals surface area (Å²) in [5.74, 6) is 0.968. The van der Waals surface area contributed by atoms with E-state index in [0.717, 1.165) is 49.2 Å². The number of hydrogen-bond donors (Lipinski definition) is 1. The van der Waals surface area contributed by atoms with Crippen molar-refractivity contribution in [2.24, 2.45) is 0 Å². The third-order valence-corrected chi connectivity index (χ3v) is 6.92. The number of hydrogen-bond acceptors (Lipinski definition) is 3. The molecule has 1 amide bonds. The maximum atomic E-state index is 13.3. The summed E-state index contributed by atoms with van der Waals surface area (Å²) < 4.78 is 5.95. The van der Waals surface area contributed by atoms with Gasteiger partial charge in [0, 0.05) is 18.3 Å². The molecule has 2 aromatic rings. The number of anilines is 1. The lowest BCUT2D eigenvalue weighted by molar-refractivity contribution is -0.121. The minimum atomic E-state index is -0.401. The van der Waals surface area contributed by atoms with Crippen molar-refractivity contribution in [1.29, 1.82) is 0 Å². The van der Waals surface area contributed by atoms with Crippen molar-refractivity contribution in [3.63, 3.8) is 0 Å². The summed E-state index contributed by atoms with van der Waals surface area (Å²) in [6, 6.07) is 18.7. The van der Waals surface area contributed by atoms with Crippen molar-refractivity contribution >= 4 is 11.6 Å². The van der Waals surface area contributed by atoms with Gasteiger partial charge in [0.05, 0.1) is 5.41 Å². The van der Waals surface area contributed by atoms with Crippen LogP contribution in [0.2, 0.25) is 0 Å². The molecule has 1 heterocycles. The number of benzene rings is 2. The highest BCUT2D eigenvalue weighted by Crippen LogP contribution is 2.42. The Hall–Kier alpha value is -2.33. The number of ether oxygens (including phenoxy) is 1. The maximum absolute atomic E-state index is 13.3. The first kappa shape index (κ1) is 20.9. The van der Waals surface area contributed by atoms with Crippen molar-refractivity contribution in [2.75, 3.05) is 25.0 Å². The number of nitrogens with one attached hydrogen (secondary N) is 1. The summed E-state index contributed by atoms with van der Waals surface area (Å²) in [6.07, 6.45) is 7.97. The van der Waals surface area contributed by atoms with Crippen molar-refractivity contribution < 1.29 is 9.53 Å². The van der Waals surface area contributed by atoms with Crippen LogP contribution in [0.4, 0.5) is 5.69 Å². The third kappa shape index (κ3) is 4.70. The quantitative estimate of drug-likeness (QED) is 0.670. The van der Waals surface area contributed by atoms with Gasteiger partial charge in [-0.25, -0.2) is 0 Å². The smallest absolute Gasteiger partial charge is 0.235 e. The zero-order chi connectivity index (χ0) is 20.8. The van der Waals surface area contributed by atoms with E-state index >= 15 is 0 Å². The molecular weight excluding hydrogens is 372 g/mol. The van der Waals surface area contributed by atoms with Crippen LogP contribution in [-0.4, -0.2) is 36.5 Å². The van der Waals surface area contributed by atoms with Crippen LogP contribution >= 0.6 is 0 Å². The van der Waals surface area contributed by atoms with E-state index in [1.807, 2.05) is 42.5 Å². The number of amides is 1. The molecule has 1 saturated carbocycles. The summed E-state index contributed by atoms with van der Waals surface area (Å²) in [5, 5.41) is 3.16. The lowest BCUT2D eigenvalue weighted by Crippen LogP contribution is -2.39. The summed E-state index contributed by atoms with van der Waals surface area (Å²) in [6.45, 7) is 5.16. The molecule has 2 aromatic carbocycles. The summed E-state index contributed by atoms with van der Waals surface area (Å²) in [5.41, 5.74) is 1.56. The molecule has 0 spiro atoms. The number of piperidine rings is 1. The molecule has 1 aliphatic heterocycles. The highest BCUT2D eigenvalue weighted by atomic mass is 16.5. The standard InChI is InChI=1S/C26H34N2O2/c1-21-9-5-8-18-28(21)19-20-30-24-14-12-23(13-15-24)27-25(29)26(16-6-7-17-26)22-10-3-2-4-11-22/h2-4,10-15,21H,5-9,16-20H2,1H3,(H,27,29)/t21-/m1/s1. The Morgan fingerprint density at radius 2 is 1.77 bits per heavy atom. The maximum Gasteiger partial charge on any atom is 0.235 e. The molecular formula is C26H34N2O2. The average Bonchev–Trinajstić information content (AvgIpc) is 3.28. The molecule has 0 bridgehead atoms. The zero-order valence-corrected chi connectivity index (χ0v) is 18.1. The Kier molecular flexibility index (Phi) is 6.73. The molecule has 30 heavy (non-hydrogen) atoms. The van der Waals surface area contributed by atoms with Gasteiger partial charge < -0.3 is 10.1 Å². The molecule has 0 aromatic heterocycles. The number of rotatable bonds is 7. The Bertz CT molecular complexity index is 813. The molecule has 2 fully saturated rings. The Balaban J connectivity index is 1.33. The number of likely N-dealkylation sites (tertiary alicyclic amines) is 1. The fourth-order valence-electron chi connectivity index (χ4n) is 5.04. The van der Waals surface area contributed by atoms with Crippen LogP contribution in [0, 0.1) is 0 Å². The Morgan fingerprint density at radius 1 is 1.03 bits per heavy atom. The lowest BCUT2D eigenvalue weighted by Gasteiger charge is -2.33. The minimum Gasteiger partial charge on any atom is -0.492 e. The van der Waals surface area contributed by atoms with Crippen LogP contribution in [-0.2, 0) is 10.2 Å². The first-order valence-corrected chi connectivity index (χ1v) is 11.5. The molecule has 1 saturated heterocycles. The number of nitrogens with zero attached hydrogens (tertiary/aromatic N) is 1. The topological polar surface area (TPSA) is 41.6 Å². The number of carbonyl (C=O) groups is 1. The third-order valence-electron chi connectivity index (χ3n) is 6.92. The van der Waals surface area contributed by atoms with Gasteiger partial charge in [-0.15, -0.1) is 0 Å². The predicted octanol–water partition coefficient (Wildman–Crippen LogP) is 5.39. The fourth-order valence-corrected chi connectivity index (χ4v) is 5.04. The number of carbonyl (C=O) groups excluding carboxylic acids is 1. The van der Waals surface area contributed by atoms with E-state index in [1.165, 1.54) is 25.8 Å². The highest BCUT2D eigenvalue weighted by Gasteiger charge is 2.42. The van der Waals surface area contributed by atoms with Gasteiger partial charge in [0.25, 0.3) is 0 Å². The van der Waals surface area contributed by atoms with Crippen molar-refractivity contribution in [3.05, 3.63) is 60.2 Å². The molecule has 4 rings (SSSR count). The largest absolute Gasteiger partial charge is 0.492 e. The minimum absolute atomic E-state index is 0.110. The van der Waals surface area contributed by atoms with Crippen molar-refractivity contribution in [3.8, 4) is 5.75 Å². The van der Waals surface area contributed by atoms with Crippen LogP contribution in [0.25, 0.3) is 0 Å². The monoisotopic (exact) mass is 406 g/mol. The lowest BCUT2D eigenvalue weighted by atomic mass is 9.78. The van der Waals surface area contributed by atoms with Gasteiger partial charge in [-0.3, -0.25) is 9.69 Å².